The number of hydrogen-bond acceptors (Lipinski definition) is 4. The molecule has 1 aromatic carbocycles. The average molecular weight is 293 g/mol. The standard InChI is InChI=1S/C17H27NO3/c1-12-11-14(16(20)17(21)15(12)19)18-10-6-5-9-13-7-3-2-4-8-13/h2-4,7-8,12,14-21H,5-6,9-11H2,1H3/t12-,14+,15-,16-,17-/m1/s1. The summed E-state index contributed by atoms with van der Waals surface area (Å²) in [6, 6.07) is 10.3. The number of rotatable bonds is 6. The fourth-order valence-electron chi connectivity index (χ4n) is 3.05. The summed E-state index contributed by atoms with van der Waals surface area (Å²) in [5, 5.41) is 32.8. The zero-order valence-electron chi connectivity index (χ0n) is 12.7. The van der Waals surface area contributed by atoms with Gasteiger partial charge in [-0.25, -0.2) is 0 Å². The maximum absolute atomic E-state index is 9.99. The zero-order chi connectivity index (χ0) is 15.2. The van der Waals surface area contributed by atoms with E-state index in [0.29, 0.717) is 6.42 Å². The molecule has 21 heavy (non-hydrogen) atoms. The zero-order valence-corrected chi connectivity index (χ0v) is 12.7. The second-order valence-electron chi connectivity index (χ2n) is 6.19. The molecule has 4 heteroatoms. The Kier molecular flexibility index (Phi) is 6.18. The van der Waals surface area contributed by atoms with Gasteiger partial charge in [-0.2, -0.15) is 0 Å². The van der Waals surface area contributed by atoms with E-state index in [1.165, 1.54) is 5.56 Å². The maximum Gasteiger partial charge on any atom is 0.107 e. The largest absolute Gasteiger partial charge is 0.390 e. The predicted molar refractivity (Wildman–Crippen MR) is 83.0 cm³/mol. The SMILES string of the molecule is C[C@@H]1C[C@H](NCCCCc2ccccc2)[C@@H](O)[C@H](O)[C@@H]1O. The molecule has 0 amide bonds. The van der Waals surface area contributed by atoms with Gasteiger partial charge in [-0.3, -0.25) is 0 Å². The third kappa shape index (κ3) is 4.51. The van der Waals surface area contributed by atoms with Gasteiger partial charge in [0.05, 0.1) is 12.2 Å². The Balaban J connectivity index is 1.66. The van der Waals surface area contributed by atoms with Gasteiger partial charge < -0.3 is 20.6 Å². The average Bonchev–Trinajstić information content (AvgIpc) is 2.50. The normalized spacial score (nSPS) is 33.0. The van der Waals surface area contributed by atoms with Crippen LogP contribution in [-0.2, 0) is 6.42 Å². The lowest BCUT2D eigenvalue weighted by Gasteiger charge is -2.39. The molecule has 1 saturated carbocycles. The molecule has 118 valence electrons. The van der Waals surface area contributed by atoms with Crippen LogP contribution in [0.2, 0.25) is 0 Å². The Morgan fingerprint density at radius 1 is 1.00 bits per heavy atom. The first-order valence-electron chi connectivity index (χ1n) is 7.91. The molecule has 0 saturated heterocycles. The summed E-state index contributed by atoms with van der Waals surface area (Å²) >= 11 is 0. The van der Waals surface area contributed by atoms with Crippen molar-refractivity contribution in [3.63, 3.8) is 0 Å². The van der Waals surface area contributed by atoms with Crippen LogP contribution in [0.3, 0.4) is 0 Å². The van der Waals surface area contributed by atoms with Crippen molar-refractivity contribution in [1.29, 1.82) is 0 Å². The van der Waals surface area contributed by atoms with Gasteiger partial charge in [-0.1, -0.05) is 37.3 Å². The molecule has 1 fully saturated rings. The van der Waals surface area contributed by atoms with E-state index >= 15 is 0 Å². The van der Waals surface area contributed by atoms with Crippen LogP contribution < -0.4 is 5.32 Å². The molecule has 4 N–H and O–H groups in total. The van der Waals surface area contributed by atoms with Crippen LogP contribution in [0.4, 0.5) is 0 Å². The van der Waals surface area contributed by atoms with Crippen LogP contribution in [0.1, 0.15) is 31.7 Å². The van der Waals surface area contributed by atoms with Crippen molar-refractivity contribution in [1.82, 2.24) is 5.32 Å². The van der Waals surface area contributed by atoms with Crippen LogP contribution in [0, 0.1) is 5.92 Å². The van der Waals surface area contributed by atoms with Gasteiger partial charge in [0.1, 0.15) is 6.10 Å². The second kappa shape index (κ2) is 7.90. The molecular weight excluding hydrogens is 266 g/mol. The molecule has 0 heterocycles. The van der Waals surface area contributed by atoms with Crippen molar-refractivity contribution in [3.05, 3.63) is 35.9 Å². The summed E-state index contributed by atoms with van der Waals surface area (Å²) in [4.78, 5) is 0. The minimum absolute atomic E-state index is 0.00483. The maximum atomic E-state index is 9.99. The highest BCUT2D eigenvalue weighted by Crippen LogP contribution is 2.25. The highest BCUT2D eigenvalue weighted by atomic mass is 16.4. The molecule has 0 unspecified atom stereocenters. The quantitative estimate of drug-likeness (QED) is 0.593. The van der Waals surface area contributed by atoms with Crippen molar-refractivity contribution in [2.24, 2.45) is 5.92 Å². The second-order valence-corrected chi connectivity index (χ2v) is 6.19. The molecule has 2 rings (SSSR count). The summed E-state index contributed by atoms with van der Waals surface area (Å²) in [7, 11) is 0. The van der Waals surface area contributed by atoms with E-state index in [0.717, 1.165) is 25.8 Å². The molecule has 0 aromatic heterocycles. The fourth-order valence-corrected chi connectivity index (χ4v) is 3.05. The van der Waals surface area contributed by atoms with Crippen LogP contribution in [0.25, 0.3) is 0 Å². The van der Waals surface area contributed by atoms with E-state index < -0.39 is 18.3 Å². The molecular formula is C17H27NO3. The highest BCUT2D eigenvalue weighted by molar-refractivity contribution is 5.14. The number of hydrogen-bond donors (Lipinski definition) is 4. The third-order valence-corrected chi connectivity index (χ3v) is 4.46. The van der Waals surface area contributed by atoms with Gasteiger partial charge >= 0.3 is 0 Å². The Hall–Kier alpha value is -0.940. The number of aliphatic hydroxyl groups excluding tert-OH is 3. The molecule has 5 atom stereocenters. The smallest absolute Gasteiger partial charge is 0.107 e. The van der Waals surface area contributed by atoms with E-state index in [-0.39, 0.29) is 12.0 Å². The fraction of sp³-hybridized carbons (Fsp3) is 0.647. The van der Waals surface area contributed by atoms with Crippen LogP contribution in [0.5, 0.6) is 0 Å². The van der Waals surface area contributed by atoms with Gasteiger partial charge in [0.25, 0.3) is 0 Å². The van der Waals surface area contributed by atoms with Gasteiger partial charge in [-0.15, -0.1) is 0 Å². The van der Waals surface area contributed by atoms with E-state index in [2.05, 4.69) is 29.6 Å². The first-order valence-corrected chi connectivity index (χ1v) is 7.91. The molecule has 0 aliphatic heterocycles. The summed E-state index contributed by atoms with van der Waals surface area (Å²) in [5.41, 5.74) is 1.35. The van der Waals surface area contributed by atoms with Crippen molar-refractivity contribution < 1.29 is 15.3 Å². The van der Waals surface area contributed by atoms with Gasteiger partial charge in [-0.05, 0) is 43.7 Å². The summed E-state index contributed by atoms with van der Waals surface area (Å²) in [5.74, 6) is 0.00483. The van der Waals surface area contributed by atoms with E-state index in [9.17, 15) is 15.3 Å². The summed E-state index contributed by atoms with van der Waals surface area (Å²) in [6.45, 7) is 2.73. The molecule has 1 aliphatic rings. The number of benzene rings is 1. The minimum atomic E-state index is -1.05. The topological polar surface area (TPSA) is 72.7 Å². The van der Waals surface area contributed by atoms with E-state index in [1.807, 2.05) is 13.0 Å². The lowest BCUT2D eigenvalue weighted by Crippen LogP contribution is -2.57. The molecule has 0 radical (unpaired) electrons. The van der Waals surface area contributed by atoms with Gasteiger partial charge in [0.2, 0.25) is 0 Å². The molecule has 0 spiro atoms. The van der Waals surface area contributed by atoms with E-state index in [4.69, 9.17) is 0 Å². The Morgan fingerprint density at radius 2 is 1.71 bits per heavy atom. The van der Waals surface area contributed by atoms with Crippen molar-refractivity contribution in [2.75, 3.05) is 6.54 Å². The lowest BCUT2D eigenvalue weighted by atomic mass is 9.80. The summed E-state index contributed by atoms with van der Waals surface area (Å²) in [6.07, 6.45) is 1.13. The van der Waals surface area contributed by atoms with Crippen LogP contribution in [0.15, 0.2) is 30.3 Å². The predicted octanol–water partition coefficient (Wildman–Crippen LogP) is 1.09. The third-order valence-electron chi connectivity index (χ3n) is 4.46. The Bertz CT molecular complexity index is 412. The molecule has 0 bridgehead atoms. The van der Waals surface area contributed by atoms with Gasteiger partial charge in [0, 0.05) is 6.04 Å². The Morgan fingerprint density at radius 3 is 2.43 bits per heavy atom. The number of aliphatic hydroxyl groups is 3. The molecule has 4 nitrogen and oxygen atoms in total. The van der Waals surface area contributed by atoms with E-state index in [1.54, 1.807) is 0 Å². The van der Waals surface area contributed by atoms with Crippen molar-refractivity contribution in [3.8, 4) is 0 Å². The Labute approximate surface area is 126 Å². The van der Waals surface area contributed by atoms with Gasteiger partial charge in [0.15, 0.2) is 0 Å². The lowest BCUT2D eigenvalue weighted by molar-refractivity contribution is -0.119. The molecule has 1 aromatic rings. The first-order chi connectivity index (χ1) is 10.1. The van der Waals surface area contributed by atoms with Crippen molar-refractivity contribution in [2.45, 2.75) is 57.0 Å². The molecule has 1 aliphatic carbocycles. The van der Waals surface area contributed by atoms with Crippen LogP contribution >= 0.6 is 0 Å². The summed E-state index contributed by atoms with van der Waals surface area (Å²) < 4.78 is 0. The minimum Gasteiger partial charge on any atom is -0.390 e. The first kappa shape index (κ1) is 16.4. The number of aryl methyl sites for hydroxylation is 1. The van der Waals surface area contributed by atoms with Crippen molar-refractivity contribution >= 4 is 0 Å². The van der Waals surface area contributed by atoms with Crippen LogP contribution in [-0.4, -0.2) is 46.2 Å². The highest BCUT2D eigenvalue weighted by Gasteiger charge is 2.40. The monoisotopic (exact) mass is 293 g/mol. The number of unbranched alkanes of at least 4 members (excludes halogenated alkanes) is 1. The number of nitrogens with one attached hydrogen (secondary N) is 1.